The summed E-state index contributed by atoms with van der Waals surface area (Å²) >= 11 is 0. The van der Waals surface area contributed by atoms with Crippen molar-refractivity contribution in [1.82, 2.24) is 10.6 Å². The quantitative estimate of drug-likeness (QED) is 0.822. The Kier molecular flexibility index (Phi) is 6.70. The molecule has 1 saturated heterocycles. The Balaban J connectivity index is 1.85. The number of carbonyl (C=O) groups is 1. The molecule has 4 nitrogen and oxygen atoms in total. The maximum atomic E-state index is 12.7. The van der Waals surface area contributed by atoms with Crippen molar-refractivity contribution in [3.05, 3.63) is 29.8 Å². The second kappa shape index (κ2) is 8.56. The highest BCUT2D eigenvalue weighted by Crippen LogP contribution is 2.31. The molecule has 1 heterocycles. The number of amides is 1. The molecule has 7 heteroatoms. The zero-order valence-corrected chi connectivity index (χ0v) is 14.5. The second-order valence-corrected chi connectivity index (χ2v) is 6.93. The molecule has 2 atom stereocenters. The van der Waals surface area contributed by atoms with Gasteiger partial charge in [-0.1, -0.05) is 19.9 Å². The largest absolute Gasteiger partial charge is 0.493 e. The molecule has 1 fully saturated rings. The molecular formula is C18H25F3N2O2. The van der Waals surface area contributed by atoms with E-state index in [2.05, 4.69) is 10.6 Å². The lowest BCUT2D eigenvalue weighted by molar-refractivity contribution is -0.137. The second-order valence-electron chi connectivity index (χ2n) is 6.93. The Morgan fingerprint density at radius 1 is 1.36 bits per heavy atom. The average Bonchev–Trinajstić information content (AvgIpc) is 2.57. The van der Waals surface area contributed by atoms with Crippen molar-refractivity contribution in [1.29, 1.82) is 0 Å². The van der Waals surface area contributed by atoms with Crippen LogP contribution >= 0.6 is 0 Å². The van der Waals surface area contributed by atoms with Gasteiger partial charge in [-0.2, -0.15) is 13.2 Å². The lowest BCUT2D eigenvalue weighted by Gasteiger charge is -2.29. The van der Waals surface area contributed by atoms with E-state index in [1.54, 1.807) is 0 Å². The van der Waals surface area contributed by atoms with Gasteiger partial charge in [0.05, 0.1) is 18.1 Å². The van der Waals surface area contributed by atoms with Gasteiger partial charge >= 0.3 is 6.18 Å². The molecule has 0 radical (unpaired) electrons. The molecule has 0 bridgehead atoms. The maximum Gasteiger partial charge on any atom is 0.416 e. The SMILES string of the molecule is CC(C)CNC(=O)[C@H]1CNC[C@@H](COc2cccc(C(F)(F)F)c2)C1. The van der Waals surface area contributed by atoms with Crippen molar-refractivity contribution in [3.63, 3.8) is 0 Å². The molecule has 1 aliphatic rings. The van der Waals surface area contributed by atoms with E-state index in [9.17, 15) is 18.0 Å². The van der Waals surface area contributed by atoms with Crippen molar-refractivity contribution in [3.8, 4) is 5.75 Å². The summed E-state index contributed by atoms with van der Waals surface area (Å²) in [6.45, 7) is 6.29. The van der Waals surface area contributed by atoms with Crippen molar-refractivity contribution >= 4 is 5.91 Å². The fraction of sp³-hybridized carbons (Fsp3) is 0.611. The molecule has 140 valence electrons. The van der Waals surface area contributed by atoms with Gasteiger partial charge < -0.3 is 15.4 Å². The van der Waals surface area contributed by atoms with Crippen LogP contribution in [0.1, 0.15) is 25.8 Å². The van der Waals surface area contributed by atoms with E-state index in [-0.39, 0.29) is 30.1 Å². The number of carbonyl (C=O) groups excluding carboxylic acids is 1. The average molecular weight is 358 g/mol. The minimum atomic E-state index is -4.38. The van der Waals surface area contributed by atoms with Gasteiger partial charge in [-0.3, -0.25) is 4.79 Å². The van der Waals surface area contributed by atoms with E-state index in [1.807, 2.05) is 13.8 Å². The summed E-state index contributed by atoms with van der Waals surface area (Å²) < 4.78 is 43.7. The number of rotatable bonds is 6. The molecule has 0 unspecified atom stereocenters. The highest BCUT2D eigenvalue weighted by atomic mass is 19.4. The van der Waals surface area contributed by atoms with E-state index < -0.39 is 11.7 Å². The summed E-state index contributed by atoms with van der Waals surface area (Å²) in [6.07, 6.45) is -3.72. The lowest BCUT2D eigenvalue weighted by Crippen LogP contribution is -2.46. The van der Waals surface area contributed by atoms with Crippen LogP contribution in [0.25, 0.3) is 0 Å². The van der Waals surface area contributed by atoms with Crippen LogP contribution in [0, 0.1) is 17.8 Å². The number of nitrogens with one attached hydrogen (secondary N) is 2. The molecule has 25 heavy (non-hydrogen) atoms. The third-order valence-electron chi connectivity index (χ3n) is 4.14. The molecule has 0 spiro atoms. The van der Waals surface area contributed by atoms with Gasteiger partial charge in [-0.05, 0) is 30.5 Å². The summed E-state index contributed by atoms with van der Waals surface area (Å²) in [7, 11) is 0. The van der Waals surface area contributed by atoms with Crippen LogP contribution in [0.4, 0.5) is 13.2 Å². The van der Waals surface area contributed by atoms with Crippen molar-refractivity contribution in [2.24, 2.45) is 17.8 Å². The van der Waals surface area contributed by atoms with Gasteiger partial charge in [0, 0.05) is 25.6 Å². The Hall–Kier alpha value is -1.76. The van der Waals surface area contributed by atoms with Crippen LogP contribution < -0.4 is 15.4 Å². The monoisotopic (exact) mass is 358 g/mol. The summed E-state index contributed by atoms with van der Waals surface area (Å²) in [5.74, 6) is 0.549. The smallest absolute Gasteiger partial charge is 0.416 e. The zero-order chi connectivity index (χ0) is 18.4. The minimum Gasteiger partial charge on any atom is -0.493 e. The third-order valence-corrected chi connectivity index (χ3v) is 4.14. The third kappa shape index (κ3) is 6.23. The fourth-order valence-electron chi connectivity index (χ4n) is 2.78. The molecular weight excluding hydrogens is 333 g/mol. The first kappa shape index (κ1) is 19.6. The van der Waals surface area contributed by atoms with Gasteiger partial charge in [-0.15, -0.1) is 0 Å². The number of piperidine rings is 1. The first-order chi connectivity index (χ1) is 11.8. The fourth-order valence-corrected chi connectivity index (χ4v) is 2.78. The summed E-state index contributed by atoms with van der Waals surface area (Å²) in [5, 5.41) is 6.13. The van der Waals surface area contributed by atoms with Gasteiger partial charge in [-0.25, -0.2) is 0 Å². The molecule has 0 aliphatic carbocycles. The van der Waals surface area contributed by atoms with E-state index >= 15 is 0 Å². The zero-order valence-electron chi connectivity index (χ0n) is 14.5. The maximum absolute atomic E-state index is 12.7. The minimum absolute atomic E-state index is 0.0185. The van der Waals surface area contributed by atoms with Crippen LogP contribution in [0.15, 0.2) is 24.3 Å². The Bertz CT molecular complexity index is 576. The first-order valence-electron chi connectivity index (χ1n) is 8.54. The molecule has 2 N–H and O–H groups in total. The van der Waals surface area contributed by atoms with E-state index in [0.29, 0.717) is 32.0 Å². The molecule has 2 rings (SSSR count). The predicted octanol–water partition coefficient (Wildman–Crippen LogP) is 3.08. The lowest BCUT2D eigenvalue weighted by atomic mass is 9.90. The highest BCUT2D eigenvalue weighted by Gasteiger charge is 2.31. The van der Waals surface area contributed by atoms with Gasteiger partial charge in [0.25, 0.3) is 0 Å². The van der Waals surface area contributed by atoms with Crippen LogP contribution in [0.5, 0.6) is 5.75 Å². The van der Waals surface area contributed by atoms with Crippen molar-refractivity contribution < 1.29 is 22.7 Å². The highest BCUT2D eigenvalue weighted by molar-refractivity contribution is 5.79. The predicted molar refractivity (Wildman–Crippen MR) is 89.3 cm³/mol. The Morgan fingerprint density at radius 2 is 2.12 bits per heavy atom. The number of hydrogen-bond acceptors (Lipinski definition) is 3. The molecule has 1 aliphatic heterocycles. The van der Waals surface area contributed by atoms with Crippen LogP contribution in [0.3, 0.4) is 0 Å². The molecule has 0 aromatic heterocycles. The number of hydrogen-bond donors (Lipinski definition) is 2. The van der Waals surface area contributed by atoms with E-state index in [0.717, 1.165) is 12.1 Å². The summed E-state index contributed by atoms with van der Waals surface area (Å²) in [4.78, 5) is 12.2. The van der Waals surface area contributed by atoms with Crippen molar-refractivity contribution in [2.75, 3.05) is 26.2 Å². The number of halogens is 3. The molecule has 1 amide bonds. The standard InChI is InChI=1S/C18H25F3N2O2/c1-12(2)8-23-17(24)14-6-13(9-22-10-14)11-25-16-5-3-4-15(7-16)18(19,20)21/h3-5,7,12-14,22H,6,8-11H2,1-2H3,(H,23,24)/t13-,14+/m0/s1. The molecule has 1 aromatic rings. The topological polar surface area (TPSA) is 50.4 Å². The van der Waals surface area contributed by atoms with Gasteiger partial charge in [0.15, 0.2) is 0 Å². The van der Waals surface area contributed by atoms with Crippen LogP contribution in [-0.4, -0.2) is 32.1 Å². The Morgan fingerprint density at radius 3 is 2.80 bits per heavy atom. The number of alkyl halides is 3. The summed E-state index contributed by atoms with van der Waals surface area (Å²) in [6, 6.07) is 4.87. The number of benzene rings is 1. The van der Waals surface area contributed by atoms with Gasteiger partial charge in [0.1, 0.15) is 5.75 Å². The Labute approximate surface area is 146 Å². The summed E-state index contributed by atoms with van der Waals surface area (Å²) in [5.41, 5.74) is -0.724. The van der Waals surface area contributed by atoms with Crippen LogP contribution in [0.2, 0.25) is 0 Å². The molecule has 1 aromatic carbocycles. The van der Waals surface area contributed by atoms with E-state index in [4.69, 9.17) is 4.74 Å². The van der Waals surface area contributed by atoms with Gasteiger partial charge in [0.2, 0.25) is 5.91 Å². The normalized spacial score (nSPS) is 21.2. The number of ether oxygens (including phenoxy) is 1. The van der Waals surface area contributed by atoms with Crippen LogP contribution in [-0.2, 0) is 11.0 Å². The van der Waals surface area contributed by atoms with E-state index in [1.165, 1.54) is 12.1 Å². The first-order valence-corrected chi connectivity index (χ1v) is 8.54. The van der Waals surface area contributed by atoms with Crippen molar-refractivity contribution in [2.45, 2.75) is 26.4 Å². The molecule has 0 saturated carbocycles.